The van der Waals surface area contributed by atoms with Crippen LogP contribution in [-0.2, 0) is 6.54 Å². The van der Waals surface area contributed by atoms with Crippen LogP contribution in [0.1, 0.15) is 49.3 Å². The van der Waals surface area contributed by atoms with E-state index in [4.69, 9.17) is 8.94 Å². The zero-order chi connectivity index (χ0) is 19.1. The van der Waals surface area contributed by atoms with E-state index in [9.17, 15) is 9.59 Å². The number of hydrogen-bond acceptors (Lipinski definition) is 6. The summed E-state index contributed by atoms with van der Waals surface area (Å²) in [6.45, 7) is 2.07. The lowest BCUT2D eigenvalue weighted by Crippen LogP contribution is -2.30. The minimum Gasteiger partial charge on any atom is -0.446 e. The lowest BCUT2D eigenvalue weighted by Gasteiger charge is -2.23. The summed E-state index contributed by atoms with van der Waals surface area (Å²) in [4.78, 5) is 32.6. The van der Waals surface area contributed by atoms with Crippen molar-refractivity contribution in [2.45, 2.75) is 19.5 Å². The van der Waals surface area contributed by atoms with Gasteiger partial charge in [0, 0.05) is 26.2 Å². The summed E-state index contributed by atoms with van der Waals surface area (Å²) < 4.78 is 10.4. The molecule has 0 aliphatic carbocycles. The minimum absolute atomic E-state index is 0.0892. The molecule has 2 amide bonds. The maximum Gasteiger partial charge on any atom is 0.260 e. The van der Waals surface area contributed by atoms with Crippen LogP contribution in [0.25, 0.3) is 0 Å². The van der Waals surface area contributed by atoms with Crippen molar-refractivity contribution in [1.82, 2.24) is 19.9 Å². The Morgan fingerprint density at radius 3 is 2.74 bits per heavy atom. The summed E-state index contributed by atoms with van der Waals surface area (Å²) in [5.74, 6) is 0.253. The smallest absolute Gasteiger partial charge is 0.260 e. The predicted molar refractivity (Wildman–Crippen MR) is 93.9 cm³/mol. The quantitative estimate of drug-likeness (QED) is 0.707. The number of aromatic nitrogens is 2. The van der Waals surface area contributed by atoms with Gasteiger partial charge in [-0.2, -0.15) is 0 Å². The van der Waals surface area contributed by atoms with Gasteiger partial charge in [-0.25, -0.2) is 4.98 Å². The predicted octanol–water partition coefficient (Wildman–Crippen LogP) is 2.42. The van der Waals surface area contributed by atoms with E-state index in [0.29, 0.717) is 29.1 Å². The Morgan fingerprint density at radius 1 is 1.30 bits per heavy atom. The van der Waals surface area contributed by atoms with Crippen LogP contribution < -0.4 is 0 Å². The monoisotopic (exact) mass is 366 g/mol. The largest absolute Gasteiger partial charge is 0.446 e. The van der Waals surface area contributed by atoms with Gasteiger partial charge in [0.2, 0.25) is 0 Å². The number of carbonyl (C=O) groups excluding carboxylic acids is 2. The lowest BCUT2D eigenvalue weighted by atomic mass is 10.00. The standard InChI is InChI=1S/C19H18N4O4/c1-11-15(9-27-21-11)19(25)23-8-13-6-12(18(24)22(2)3)4-5-14(13)17(23)16-7-20-10-26-16/h4-7,9-10,17H,8H2,1-3H3/t17-/m0/s1. The third-order valence-corrected chi connectivity index (χ3v) is 4.71. The van der Waals surface area contributed by atoms with Crippen LogP contribution in [0.5, 0.6) is 0 Å². The molecule has 8 nitrogen and oxygen atoms in total. The van der Waals surface area contributed by atoms with Crippen molar-refractivity contribution in [2.75, 3.05) is 14.1 Å². The van der Waals surface area contributed by atoms with Crippen molar-refractivity contribution in [3.8, 4) is 0 Å². The van der Waals surface area contributed by atoms with E-state index in [0.717, 1.165) is 11.1 Å². The van der Waals surface area contributed by atoms with Gasteiger partial charge in [-0.1, -0.05) is 11.2 Å². The number of benzene rings is 1. The van der Waals surface area contributed by atoms with Crippen molar-refractivity contribution in [3.63, 3.8) is 0 Å². The van der Waals surface area contributed by atoms with Crippen LogP contribution in [-0.4, -0.2) is 45.9 Å². The first-order chi connectivity index (χ1) is 13.0. The molecule has 1 atom stereocenters. The van der Waals surface area contributed by atoms with Gasteiger partial charge in [-0.3, -0.25) is 9.59 Å². The number of rotatable bonds is 3. The molecule has 0 radical (unpaired) electrons. The Labute approximate surface area is 155 Å². The number of aryl methyl sites for hydroxylation is 1. The molecule has 1 aliphatic heterocycles. The maximum absolute atomic E-state index is 13.1. The normalized spacial score (nSPS) is 15.7. The molecule has 0 bridgehead atoms. The molecular formula is C19H18N4O4. The highest BCUT2D eigenvalue weighted by molar-refractivity contribution is 5.96. The van der Waals surface area contributed by atoms with Crippen molar-refractivity contribution in [1.29, 1.82) is 0 Å². The molecule has 3 heterocycles. The molecule has 0 spiro atoms. The number of nitrogens with zero attached hydrogens (tertiary/aromatic N) is 4. The Morgan fingerprint density at radius 2 is 2.11 bits per heavy atom. The maximum atomic E-state index is 13.1. The highest BCUT2D eigenvalue weighted by Crippen LogP contribution is 2.40. The second-order valence-electron chi connectivity index (χ2n) is 6.67. The summed E-state index contributed by atoms with van der Waals surface area (Å²) in [5.41, 5.74) is 3.30. The van der Waals surface area contributed by atoms with Crippen molar-refractivity contribution in [2.24, 2.45) is 0 Å². The van der Waals surface area contributed by atoms with Gasteiger partial charge in [0.15, 0.2) is 12.2 Å². The van der Waals surface area contributed by atoms with Gasteiger partial charge in [0.25, 0.3) is 11.8 Å². The SMILES string of the molecule is Cc1nocc1C(=O)N1Cc2cc(C(=O)N(C)C)ccc2[C@H]1c1cnco1. The molecule has 138 valence electrons. The molecule has 8 heteroatoms. The molecule has 0 fully saturated rings. The Balaban J connectivity index is 1.77. The molecule has 1 aromatic carbocycles. The number of hydrogen-bond donors (Lipinski definition) is 0. The number of fused-ring (bicyclic) bond motifs is 1. The topological polar surface area (TPSA) is 92.7 Å². The number of carbonyl (C=O) groups is 2. The third-order valence-electron chi connectivity index (χ3n) is 4.71. The lowest BCUT2D eigenvalue weighted by molar-refractivity contribution is 0.0702. The van der Waals surface area contributed by atoms with Crippen LogP contribution in [0.4, 0.5) is 0 Å². The summed E-state index contributed by atoms with van der Waals surface area (Å²) in [7, 11) is 3.41. The summed E-state index contributed by atoms with van der Waals surface area (Å²) in [6, 6.07) is 5.04. The summed E-state index contributed by atoms with van der Waals surface area (Å²) in [5, 5.41) is 3.79. The average Bonchev–Trinajstić information content (AvgIpc) is 3.38. The first kappa shape index (κ1) is 17.0. The van der Waals surface area contributed by atoms with E-state index in [2.05, 4.69) is 10.1 Å². The zero-order valence-electron chi connectivity index (χ0n) is 15.2. The second kappa shape index (κ2) is 6.39. The van der Waals surface area contributed by atoms with E-state index in [1.54, 1.807) is 38.2 Å². The van der Waals surface area contributed by atoms with Crippen molar-refractivity contribution < 1.29 is 18.5 Å². The van der Waals surface area contributed by atoms with Gasteiger partial charge in [-0.05, 0) is 30.2 Å². The highest BCUT2D eigenvalue weighted by atomic mass is 16.5. The Hall–Kier alpha value is -3.42. The van der Waals surface area contributed by atoms with E-state index >= 15 is 0 Å². The van der Waals surface area contributed by atoms with Gasteiger partial charge in [0.1, 0.15) is 17.9 Å². The van der Waals surface area contributed by atoms with Gasteiger partial charge in [-0.15, -0.1) is 0 Å². The molecule has 2 aromatic heterocycles. The van der Waals surface area contributed by atoms with Gasteiger partial charge in [0.05, 0.1) is 11.9 Å². The third kappa shape index (κ3) is 2.79. The fraction of sp³-hybridized carbons (Fsp3) is 0.263. The van der Waals surface area contributed by atoms with E-state index in [1.165, 1.54) is 17.6 Å². The Bertz CT molecular complexity index is 1010. The minimum atomic E-state index is -0.423. The molecule has 0 N–H and O–H groups in total. The fourth-order valence-corrected chi connectivity index (χ4v) is 3.35. The van der Waals surface area contributed by atoms with Crippen LogP contribution in [0.3, 0.4) is 0 Å². The molecular weight excluding hydrogens is 348 g/mol. The van der Waals surface area contributed by atoms with Crippen molar-refractivity contribution >= 4 is 11.8 Å². The van der Waals surface area contributed by atoms with E-state index in [-0.39, 0.29) is 11.8 Å². The summed E-state index contributed by atoms with van der Waals surface area (Å²) in [6.07, 6.45) is 4.28. The average molecular weight is 366 g/mol. The molecule has 4 rings (SSSR count). The van der Waals surface area contributed by atoms with Crippen LogP contribution >= 0.6 is 0 Å². The van der Waals surface area contributed by atoms with Crippen LogP contribution in [0, 0.1) is 6.92 Å². The molecule has 1 aliphatic rings. The molecule has 0 unspecified atom stereocenters. The first-order valence-electron chi connectivity index (χ1n) is 8.42. The van der Waals surface area contributed by atoms with Crippen LogP contribution in [0.15, 0.2) is 46.0 Å². The van der Waals surface area contributed by atoms with Gasteiger partial charge < -0.3 is 18.7 Å². The summed E-state index contributed by atoms with van der Waals surface area (Å²) >= 11 is 0. The van der Waals surface area contributed by atoms with Crippen molar-refractivity contribution in [3.05, 3.63) is 70.8 Å². The van der Waals surface area contributed by atoms with Gasteiger partial charge >= 0.3 is 0 Å². The Kier molecular flexibility index (Phi) is 4.02. The van der Waals surface area contributed by atoms with E-state index < -0.39 is 6.04 Å². The number of oxazole rings is 1. The second-order valence-corrected chi connectivity index (χ2v) is 6.67. The first-order valence-corrected chi connectivity index (χ1v) is 8.42. The van der Waals surface area contributed by atoms with E-state index in [1.807, 2.05) is 12.1 Å². The zero-order valence-corrected chi connectivity index (χ0v) is 15.2. The molecule has 0 saturated carbocycles. The number of amides is 2. The fourth-order valence-electron chi connectivity index (χ4n) is 3.35. The molecule has 3 aromatic rings. The van der Waals surface area contributed by atoms with Crippen LogP contribution in [0.2, 0.25) is 0 Å². The molecule has 27 heavy (non-hydrogen) atoms. The molecule has 0 saturated heterocycles. The highest BCUT2D eigenvalue weighted by Gasteiger charge is 2.38.